The Hall–Kier alpha value is -2.69. The topological polar surface area (TPSA) is 48.0 Å². The second-order valence-corrected chi connectivity index (χ2v) is 5.64. The molecule has 126 valence electrons. The zero-order valence-electron chi connectivity index (χ0n) is 14.0. The molecule has 0 fully saturated rings. The van der Waals surface area contributed by atoms with Gasteiger partial charge in [-0.2, -0.15) is 0 Å². The molecule has 0 radical (unpaired) electrons. The van der Waals surface area contributed by atoms with Crippen LogP contribution in [0.15, 0.2) is 42.5 Å². The van der Waals surface area contributed by atoms with Crippen LogP contribution in [0.25, 0.3) is 0 Å². The number of carbonyl (C=O) groups excluding carboxylic acids is 1. The minimum Gasteiger partial charge on any atom is -0.493 e. The number of nitrogens with zero attached hydrogens (tertiary/aromatic N) is 1. The molecule has 0 bridgehead atoms. The van der Waals surface area contributed by atoms with E-state index in [1.807, 2.05) is 47.4 Å². The molecular weight excluding hydrogens is 306 g/mol. The molecule has 0 aromatic heterocycles. The summed E-state index contributed by atoms with van der Waals surface area (Å²) in [5.41, 5.74) is 2.28. The lowest BCUT2D eigenvalue weighted by Crippen LogP contribution is -2.38. The molecule has 2 aromatic rings. The monoisotopic (exact) mass is 327 g/mol. The van der Waals surface area contributed by atoms with Gasteiger partial charge in [-0.05, 0) is 41.8 Å². The number of amides is 1. The van der Waals surface area contributed by atoms with Gasteiger partial charge in [-0.3, -0.25) is 4.79 Å². The number of carbonyl (C=O) groups is 1. The van der Waals surface area contributed by atoms with E-state index in [9.17, 15) is 4.79 Å². The fraction of sp³-hybridized carbons (Fsp3) is 0.316. The Morgan fingerprint density at radius 3 is 2.38 bits per heavy atom. The number of para-hydroxylation sites is 1. The summed E-state index contributed by atoms with van der Waals surface area (Å²) in [5, 5.41) is 0. The molecular formula is C19H21NO4. The molecule has 1 aliphatic rings. The van der Waals surface area contributed by atoms with Crippen molar-refractivity contribution in [1.29, 1.82) is 0 Å². The van der Waals surface area contributed by atoms with E-state index in [1.54, 1.807) is 14.2 Å². The lowest BCUT2D eigenvalue weighted by atomic mass is 9.99. The minimum absolute atomic E-state index is 0.0145. The van der Waals surface area contributed by atoms with Crippen molar-refractivity contribution in [2.75, 3.05) is 27.4 Å². The maximum absolute atomic E-state index is 12.4. The second kappa shape index (κ2) is 7.25. The van der Waals surface area contributed by atoms with Gasteiger partial charge in [0, 0.05) is 13.1 Å². The van der Waals surface area contributed by atoms with Gasteiger partial charge < -0.3 is 19.1 Å². The van der Waals surface area contributed by atoms with Crippen molar-refractivity contribution in [3.8, 4) is 17.2 Å². The number of hydrogen-bond donors (Lipinski definition) is 0. The molecule has 0 N–H and O–H groups in total. The smallest absolute Gasteiger partial charge is 0.260 e. The van der Waals surface area contributed by atoms with E-state index in [1.165, 1.54) is 5.56 Å². The Kier molecular flexibility index (Phi) is 4.89. The van der Waals surface area contributed by atoms with Gasteiger partial charge in [0.25, 0.3) is 5.91 Å². The number of ether oxygens (including phenoxy) is 3. The Morgan fingerprint density at radius 2 is 1.71 bits per heavy atom. The van der Waals surface area contributed by atoms with Crippen LogP contribution in [-0.4, -0.2) is 38.2 Å². The summed E-state index contributed by atoms with van der Waals surface area (Å²) in [6.45, 7) is 1.29. The zero-order chi connectivity index (χ0) is 16.9. The molecule has 24 heavy (non-hydrogen) atoms. The average Bonchev–Trinajstić information content (AvgIpc) is 2.65. The molecule has 1 heterocycles. The van der Waals surface area contributed by atoms with Crippen LogP contribution in [-0.2, 0) is 17.8 Å². The van der Waals surface area contributed by atoms with Gasteiger partial charge >= 0.3 is 0 Å². The molecule has 0 unspecified atom stereocenters. The molecule has 2 aromatic carbocycles. The standard InChI is InChI=1S/C19H21NO4/c1-22-17-10-14-8-9-20(12-15(14)11-18(17)23-2)19(21)13-24-16-6-4-3-5-7-16/h3-7,10-11H,8-9,12-13H2,1-2H3. The highest BCUT2D eigenvalue weighted by Crippen LogP contribution is 2.33. The predicted molar refractivity (Wildman–Crippen MR) is 90.6 cm³/mol. The van der Waals surface area contributed by atoms with Crippen molar-refractivity contribution in [2.45, 2.75) is 13.0 Å². The van der Waals surface area contributed by atoms with E-state index in [-0.39, 0.29) is 12.5 Å². The molecule has 1 aliphatic heterocycles. The minimum atomic E-state index is -0.0145. The Bertz CT molecular complexity index is 715. The lowest BCUT2D eigenvalue weighted by Gasteiger charge is -2.29. The van der Waals surface area contributed by atoms with Crippen molar-refractivity contribution in [3.63, 3.8) is 0 Å². The average molecular weight is 327 g/mol. The van der Waals surface area contributed by atoms with Crippen LogP contribution >= 0.6 is 0 Å². The third-order valence-electron chi connectivity index (χ3n) is 4.18. The van der Waals surface area contributed by atoms with Crippen molar-refractivity contribution in [2.24, 2.45) is 0 Å². The third-order valence-corrected chi connectivity index (χ3v) is 4.18. The zero-order valence-corrected chi connectivity index (χ0v) is 14.0. The van der Waals surface area contributed by atoms with Gasteiger partial charge in [0.1, 0.15) is 5.75 Å². The largest absolute Gasteiger partial charge is 0.493 e. The molecule has 0 saturated carbocycles. The van der Waals surface area contributed by atoms with Gasteiger partial charge in [0.05, 0.1) is 14.2 Å². The van der Waals surface area contributed by atoms with Gasteiger partial charge in [-0.15, -0.1) is 0 Å². The molecule has 0 aliphatic carbocycles. The van der Waals surface area contributed by atoms with E-state index in [4.69, 9.17) is 14.2 Å². The SMILES string of the molecule is COc1cc2c(cc1OC)CN(C(=O)COc1ccccc1)CC2. The van der Waals surface area contributed by atoms with Crippen LogP contribution in [0.4, 0.5) is 0 Å². The Balaban J connectivity index is 1.66. The molecule has 5 nitrogen and oxygen atoms in total. The van der Waals surface area contributed by atoms with Crippen molar-refractivity contribution in [3.05, 3.63) is 53.6 Å². The highest BCUT2D eigenvalue weighted by Gasteiger charge is 2.23. The first-order valence-electron chi connectivity index (χ1n) is 7.90. The quantitative estimate of drug-likeness (QED) is 0.847. The molecule has 3 rings (SSSR count). The first-order valence-corrected chi connectivity index (χ1v) is 7.90. The predicted octanol–water partition coefficient (Wildman–Crippen LogP) is 2.67. The first-order chi connectivity index (χ1) is 11.7. The molecule has 5 heteroatoms. The highest BCUT2D eigenvalue weighted by atomic mass is 16.5. The summed E-state index contributed by atoms with van der Waals surface area (Å²) in [6, 6.07) is 13.3. The molecule has 0 spiro atoms. The van der Waals surface area contributed by atoms with E-state index in [0.29, 0.717) is 24.6 Å². The number of hydrogen-bond acceptors (Lipinski definition) is 4. The van der Waals surface area contributed by atoms with Crippen LogP contribution in [0.3, 0.4) is 0 Å². The van der Waals surface area contributed by atoms with Crippen molar-refractivity contribution in [1.82, 2.24) is 4.90 Å². The summed E-state index contributed by atoms with van der Waals surface area (Å²) in [4.78, 5) is 14.2. The van der Waals surface area contributed by atoms with Crippen molar-refractivity contribution >= 4 is 5.91 Å². The van der Waals surface area contributed by atoms with Gasteiger partial charge in [0.2, 0.25) is 0 Å². The van der Waals surface area contributed by atoms with E-state index in [2.05, 4.69) is 0 Å². The van der Waals surface area contributed by atoms with E-state index < -0.39 is 0 Å². The van der Waals surface area contributed by atoms with Gasteiger partial charge in [-0.25, -0.2) is 0 Å². The summed E-state index contributed by atoms with van der Waals surface area (Å²) in [7, 11) is 3.24. The van der Waals surface area contributed by atoms with Crippen molar-refractivity contribution < 1.29 is 19.0 Å². The number of methoxy groups -OCH3 is 2. The third kappa shape index (κ3) is 3.45. The van der Waals surface area contributed by atoms with Crippen LogP contribution in [0.1, 0.15) is 11.1 Å². The Morgan fingerprint density at radius 1 is 1.04 bits per heavy atom. The fourth-order valence-electron chi connectivity index (χ4n) is 2.85. The van der Waals surface area contributed by atoms with Crippen LogP contribution < -0.4 is 14.2 Å². The first kappa shape index (κ1) is 16.2. The lowest BCUT2D eigenvalue weighted by molar-refractivity contribution is -0.134. The summed E-state index contributed by atoms with van der Waals surface area (Å²) in [6.07, 6.45) is 0.798. The molecule has 1 amide bonds. The maximum Gasteiger partial charge on any atom is 0.260 e. The van der Waals surface area contributed by atoms with Gasteiger partial charge in [-0.1, -0.05) is 18.2 Å². The number of benzene rings is 2. The second-order valence-electron chi connectivity index (χ2n) is 5.64. The molecule has 0 atom stereocenters. The summed E-state index contributed by atoms with van der Waals surface area (Å²) >= 11 is 0. The normalized spacial score (nSPS) is 13.2. The number of fused-ring (bicyclic) bond motifs is 1. The van der Waals surface area contributed by atoms with Crippen LogP contribution in [0.5, 0.6) is 17.2 Å². The number of rotatable bonds is 5. The molecule has 0 saturated heterocycles. The fourth-order valence-corrected chi connectivity index (χ4v) is 2.85. The van der Waals surface area contributed by atoms with Crippen LogP contribution in [0, 0.1) is 0 Å². The Labute approximate surface area is 141 Å². The summed E-state index contributed by atoms with van der Waals surface area (Å²) in [5.74, 6) is 2.10. The van der Waals surface area contributed by atoms with E-state index >= 15 is 0 Å². The highest BCUT2D eigenvalue weighted by molar-refractivity contribution is 5.78. The van der Waals surface area contributed by atoms with E-state index in [0.717, 1.165) is 17.7 Å². The summed E-state index contributed by atoms with van der Waals surface area (Å²) < 4.78 is 16.2. The van der Waals surface area contributed by atoms with Gasteiger partial charge in [0.15, 0.2) is 18.1 Å². The maximum atomic E-state index is 12.4. The van der Waals surface area contributed by atoms with Crippen LogP contribution in [0.2, 0.25) is 0 Å².